The summed E-state index contributed by atoms with van der Waals surface area (Å²) in [6, 6.07) is 6.44. The van der Waals surface area contributed by atoms with Crippen LogP contribution in [0.5, 0.6) is 0 Å². The minimum atomic E-state index is -3.46. The van der Waals surface area contributed by atoms with E-state index in [9.17, 15) is 12.8 Å². The Bertz CT molecular complexity index is 957. The summed E-state index contributed by atoms with van der Waals surface area (Å²) in [5.41, 5.74) is 1.79. The Morgan fingerprint density at radius 2 is 2.07 bits per heavy atom. The maximum absolute atomic E-state index is 13.8. The quantitative estimate of drug-likeness (QED) is 0.511. The molecule has 11 heteroatoms. The van der Waals surface area contributed by atoms with Gasteiger partial charge in [-0.25, -0.2) is 12.8 Å². The van der Waals surface area contributed by atoms with Crippen molar-refractivity contribution in [1.29, 1.82) is 0 Å². The fourth-order valence-electron chi connectivity index (χ4n) is 3.29. The average molecular weight is 440 g/mol. The molecule has 0 unspecified atom stereocenters. The van der Waals surface area contributed by atoms with Crippen LogP contribution >= 0.6 is 0 Å². The molecule has 0 saturated carbocycles. The summed E-state index contributed by atoms with van der Waals surface area (Å²) in [4.78, 5) is 6.30. The summed E-state index contributed by atoms with van der Waals surface area (Å²) in [5, 5.41) is 6.93. The fraction of sp³-hybridized carbons (Fsp3) is 0.474. The van der Waals surface area contributed by atoms with Crippen LogP contribution in [-0.4, -0.2) is 69.1 Å². The number of halogens is 1. The van der Waals surface area contributed by atoms with Gasteiger partial charge in [0.25, 0.3) is 0 Å². The third-order valence-electron chi connectivity index (χ3n) is 4.83. The van der Waals surface area contributed by atoms with E-state index in [-0.39, 0.29) is 18.2 Å². The van der Waals surface area contributed by atoms with Crippen LogP contribution in [0, 0.1) is 5.82 Å². The lowest BCUT2D eigenvalue weighted by molar-refractivity contribution is 0.181. The molecule has 1 aromatic heterocycles. The molecular weight excluding hydrogens is 413 g/mol. The second-order valence-electron chi connectivity index (χ2n) is 6.89. The van der Waals surface area contributed by atoms with Crippen LogP contribution < -0.4 is 5.32 Å². The maximum Gasteiger partial charge on any atom is 0.220 e. The van der Waals surface area contributed by atoms with Crippen LogP contribution in [0.3, 0.4) is 0 Å². The van der Waals surface area contributed by atoms with E-state index in [1.807, 2.05) is 4.90 Å². The van der Waals surface area contributed by atoms with Crippen LogP contribution in [0.1, 0.15) is 16.8 Å². The first-order valence-corrected chi connectivity index (χ1v) is 11.1. The lowest BCUT2D eigenvalue weighted by Crippen LogP contribution is -2.53. The Morgan fingerprint density at radius 3 is 2.70 bits per heavy atom. The van der Waals surface area contributed by atoms with E-state index >= 15 is 0 Å². The topological polar surface area (TPSA) is 100 Å². The van der Waals surface area contributed by atoms with E-state index in [1.54, 1.807) is 25.2 Å². The molecule has 1 aliphatic heterocycles. The van der Waals surface area contributed by atoms with Crippen molar-refractivity contribution in [3.8, 4) is 0 Å². The fourth-order valence-corrected chi connectivity index (χ4v) is 4.71. The summed E-state index contributed by atoms with van der Waals surface area (Å²) >= 11 is 0. The van der Waals surface area contributed by atoms with Crippen LogP contribution in [0.25, 0.3) is 0 Å². The molecule has 1 saturated heterocycles. The zero-order valence-electron chi connectivity index (χ0n) is 17.0. The van der Waals surface area contributed by atoms with Crippen molar-refractivity contribution in [3.63, 3.8) is 0 Å². The Morgan fingerprint density at radius 1 is 1.30 bits per heavy atom. The molecule has 1 aromatic carbocycles. The van der Waals surface area contributed by atoms with E-state index in [0.717, 1.165) is 5.56 Å². The molecule has 0 radical (unpaired) electrons. The van der Waals surface area contributed by atoms with Crippen LogP contribution in [0.2, 0.25) is 0 Å². The first kappa shape index (κ1) is 22.2. The Balaban J connectivity index is 1.54. The molecule has 1 N–H and O–H groups in total. The summed E-state index contributed by atoms with van der Waals surface area (Å²) in [5.74, 6) is 0.194. The number of rotatable bonds is 7. The Labute approximate surface area is 175 Å². The highest BCUT2D eigenvalue weighted by Gasteiger charge is 2.29. The summed E-state index contributed by atoms with van der Waals surface area (Å²) in [6.45, 7) is 2.41. The lowest BCUT2D eigenvalue weighted by Gasteiger charge is -2.35. The van der Waals surface area contributed by atoms with Gasteiger partial charge >= 0.3 is 0 Å². The standard InChI is InChI=1S/C19H26FN5O4S/c1-21-19(22-12-15-3-4-18(20)16(11-15)13-28-2)24-6-8-25(9-7-24)30(26,27)14-17-5-10-29-23-17/h3-5,10-11H,6-9,12-14H2,1-2H3,(H,21,22). The van der Waals surface area contributed by atoms with Crippen molar-refractivity contribution >= 4 is 16.0 Å². The molecule has 164 valence electrons. The largest absolute Gasteiger partial charge is 0.380 e. The van der Waals surface area contributed by atoms with Gasteiger partial charge in [-0.15, -0.1) is 0 Å². The number of guanidine groups is 1. The smallest absolute Gasteiger partial charge is 0.220 e. The van der Waals surface area contributed by atoms with Gasteiger partial charge < -0.3 is 19.5 Å². The first-order chi connectivity index (χ1) is 14.4. The van der Waals surface area contributed by atoms with Gasteiger partial charge in [-0.1, -0.05) is 11.2 Å². The van der Waals surface area contributed by atoms with E-state index in [1.165, 1.54) is 23.7 Å². The van der Waals surface area contributed by atoms with Gasteiger partial charge in [0.2, 0.25) is 10.0 Å². The Hall–Kier alpha value is -2.50. The zero-order valence-corrected chi connectivity index (χ0v) is 17.9. The highest BCUT2D eigenvalue weighted by atomic mass is 32.2. The first-order valence-electron chi connectivity index (χ1n) is 9.52. The van der Waals surface area contributed by atoms with E-state index < -0.39 is 10.0 Å². The predicted octanol–water partition coefficient (Wildman–Crippen LogP) is 1.18. The molecule has 30 heavy (non-hydrogen) atoms. The van der Waals surface area contributed by atoms with Crippen molar-refractivity contribution in [2.45, 2.75) is 18.9 Å². The zero-order chi connectivity index (χ0) is 21.6. The number of aromatic nitrogens is 1. The molecule has 0 amide bonds. The third kappa shape index (κ3) is 5.55. The van der Waals surface area contributed by atoms with Gasteiger partial charge in [-0.3, -0.25) is 4.99 Å². The van der Waals surface area contributed by atoms with E-state index in [0.29, 0.717) is 49.9 Å². The number of hydrogen-bond acceptors (Lipinski definition) is 6. The number of methoxy groups -OCH3 is 1. The molecule has 1 fully saturated rings. The predicted molar refractivity (Wildman–Crippen MR) is 110 cm³/mol. The van der Waals surface area contributed by atoms with Gasteiger partial charge in [-0.05, 0) is 17.7 Å². The molecule has 2 aromatic rings. The van der Waals surface area contributed by atoms with Gasteiger partial charge in [0.15, 0.2) is 5.96 Å². The number of benzene rings is 1. The number of aliphatic imine (C=N–C) groups is 1. The summed E-state index contributed by atoms with van der Waals surface area (Å²) in [7, 11) is -0.252. The second-order valence-corrected chi connectivity index (χ2v) is 8.86. The SMILES string of the molecule is CN=C(NCc1ccc(F)c(COC)c1)N1CCN(S(=O)(=O)Cc2ccon2)CC1. The minimum Gasteiger partial charge on any atom is -0.380 e. The van der Waals surface area contributed by atoms with Gasteiger partial charge in [0, 0.05) is 58.5 Å². The highest BCUT2D eigenvalue weighted by molar-refractivity contribution is 7.88. The summed E-state index contributed by atoms with van der Waals surface area (Å²) < 4.78 is 50.1. The number of ether oxygens (including phenoxy) is 1. The maximum atomic E-state index is 13.8. The van der Waals surface area contributed by atoms with E-state index in [4.69, 9.17) is 9.26 Å². The van der Waals surface area contributed by atoms with Gasteiger partial charge in [0.05, 0.1) is 12.3 Å². The average Bonchev–Trinajstić information content (AvgIpc) is 3.23. The van der Waals surface area contributed by atoms with Crippen LogP contribution in [-0.2, 0) is 33.7 Å². The molecule has 0 spiro atoms. The van der Waals surface area contributed by atoms with Crippen molar-refractivity contribution in [1.82, 2.24) is 19.7 Å². The number of nitrogens with one attached hydrogen (secondary N) is 1. The number of nitrogens with zero attached hydrogens (tertiary/aromatic N) is 4. The van der Waals surface area contributed by atoms with Crippen molar-refractivity contribution < 1.29 is 22.1 Å². The molecule has 3 rings (SSSR count). The number of sulfonamides is 1. The minimum absolute atomic E-state index is 0.176. The van der Waals surface area contributed by atoms with Gasteiger partial charge in [0.1, 0.15) is 17.8 Å². The molecule has 1 aliphatic rings. The molecule has 0 aliphatic carbocycles. The highest BCUT2D eigenvalue weighted by Crippen LogP contribution is 2.14. The second kappa shape index (κ2) is 10.0. The molecule has 2 heterocycles. The van der Waals surface area contributed by atoms with Gasteiger partial charge in [-0.2, -0.15) is 4.31 Å². The lowest BCUT2D eigenvalue weighted by atomic mass is 10.1. The third-order valence-corrected chi connectivity index (χ3v) is 6.64. The molecule has 0 atom stereocenters. The monoisotopic (exact) mass is 439 g/mol. The summed E-state index contributed by atoms with van der Waals surface area (Å²) in [6.07, 6.45) is 1.36. The van der Waals surface area contributed by atoms with Crippen molar-refractivity contribution in [3.05, 3.63) is 53.2 Å². The number of hydrogen-bond donors (Lipinski definition) is 1. The molecule has 9 nitrogen and oxygen atoms in total. The van der Waals surface area contributed by atoms with Crippen LogP contribution in [0.4, 0.5) is 4.39 Å². The molecular formula is C19H26FN5O4S. The Kier molecular flexibility index (Phi) is 7.40. The van der Waals surface area contributed by atoms with Crippen molar-refractivity contribution in [2.24, 2.45) is 4.99 Å². The van der Waals surface area contributed by atoms with Crippen LogP contribution in [0.15, 0.2) is 40.0 Å². The normalized spacial score (nSPS) is 16.1. The van der Waals surface area contributed by atoms with Crippen molar-refractivity contribution in [2.75, 3.05) is 40.3 Å². The number of piperazine rings is 1. The molecule has 0 bridgehead atoms. The van der Waals surface area contributed by atoms with E-state index in [2.05, 4.69) is 15.5 Å².